The molecule has 1 nitrogen and oxygen atoms in total. The first-order valence-electron chi connectivity index (χ1n) is 9.78. The number of ketones is 1. The van der Waals surface area contributed by atoms with Crippen LogP contribution in [0.1, 0.15) is 78.1 Å². The standard InChI is InChI=1S/C22H30O/c1-3-4-5-16-7-11-21-20-9-6-15-14-17(23)8-10-18(15)19(20)12-13-22(16,21)2/h7,14,20-21H,3-6,8-13H2,1-2H3/t20?,21?,22-/m1/s1. The highest BCUT2D eigenvalue weighted by Crippen LogP contribution is 2.60. The SMILES string of the molecule is CCCCC1=CCC2C3CCC4=CC(=O)CCC4=C3CC[C@]12C. The van der Waals surface area contributed by atoms with Gasteiger partial charge < -0.3 is 0 Å². The van der Waals surface area contributed by atoms with Crippen LogP contribution in [0.15, 0.2) is 34.4 Å². The van der Waals surface area contributed by atoms with Crippen LogP contribution in [0.3, 0.4) is 0 Å². The van der Waals surface area contributed by atoms with Crippen molar-refractivity contribution < 1.29 is 4.79 Å². The maximum atomic E-state index is 11.7. The van der Waals surface area contributed by atoms with Gasteiger partial charge in [0.25, 0.3) is 0 Å². The minimum absolute atomic E-state index is 0.354. The Morgan fingerprint density at radius 1 is 1.22 bits per heavy atom. The van der Waals surface area contributed by atoms with Gasteiger partial charge in [-0.2, -0.15) is 0 Å². The molecule has 3 atom stereocenters. The first kappa shape index (κ1) is 15.4. The van der Waals surface area contributed by atoms with E-state index in [1.807, 2.05) is 6.08 Å². The van der Waals surface area contributed by atoms with Gasteiger partial charge in [-0.3, -0.25) is 4.79 Å². The summed E-state index contributed by atoms with van der Waals surface area (Å²) in [6, 6.07) is 0. The Kier molecular flexibility index (Phi) is 3.86. The molecule has 0 heterocycles. The molecule has 2 unspecified atom stereocenters. The highest BCUT2D eigenvalue weighted by Gasteiger charge is 2.49. The second-order valence-electron chi connectivity index (χ2n) is 8.38. The number of carbonyl (C=O) groups excluding carboxylic acids is 1. The largest absolute Gasteiger partial charge is 0.295 e. The monoisotopic (exact) mass is 310 g/mol. The average Bonchev–Trinajstić information content (AvgIpc) is 2.89. The van der Waals surface area contributed by atoms with Crippen LogP contribution in [-0.4, -0.2) is 5.78 Å². The highest BCUT2D eigenvalue weighted by atomic mass is 16.1. The normalized spacial score (nSPS) is 36.2. The molecule has 0 aromatic rings. The lowest BCUT2D eigenvalue weighted by Gasteiger charge is -2.48. The van der Waals surface area contributed by atoms with Crippen LogP contribution in [0, 0.1) is 17.3 Å². The third-order valence-electron chi connectivity index (χ3n) is 7.27. The van der Waals surface area contributed by atoms with Gasteiger partial charge >= 0.3 is 0 Å². The third-order valence-corrected chi connectivity index (χ3v) is 7.27. The molecule has 0 amide bonds. The van der Waals surface area contributed by atoms with E-state index in [9.17, 15) is 4.79 Å². The van der Waals surface area contributed by atoms with Gasteiger partial charge in [-0.05, 0) is 85.8 Å². The molecule has 1 heteroatoms. The number of carbonyl (C=O) groups is 1. The van der Waals surface area contributed by atoms with E-state index in [0.29, 0.717) is 11.2 Å². The second-order valence-corrected chi connectivity index (χ2v) is 8.38. The van der Waals surface area contributed by atoms with Gasteiger partial charge in [0.1, 0.15) is 0 Å². The molecule has 4 aliphatic rings. The Bertz CT molecular complexity index is 618. The van der Waals surface area contributed by atoms with Gasteiger partial charge in [-0.15, -0.1) is 0 Å². The zero-order valence-electron chi connectivity index (χ0n) is 14.8. The molecule has 1 fully saturated rings. The maximum absolute atomic E-state index is 11.7. The lowest BCUT2D eigenvalue weighted by Crippen LogP contribution is -2.38. The van der Waals surface area contributed by atoms with Crippen molar-refractivity contribution in [1.29, 1.82) is 0 Å². The Balaban J connectivity index is 1.63. The van der Waals surface area contributed by atoms with E-state index in [2.05, 4.69) is 19.9 Å². The average molecular weight is 310 g/mol. The second kappa shape index (κ2) is 5.76. The topological polar surface area (TPSA) is 17.1 Å². The molecule has 4 rings (SSSR count). The highest BCUT2D eigenvalue weighted by molar-refractivity contribution is 5.93. The van der Waals surface area contributed by atoms with Gasteiger partial charge in [0.15, 0.2) is 5.78 Å². The Hall–Kier alpha value is -1.11. The van der Waals surface area contributed by atoms with Gasteiger partial charge in [-0.25, -0.2) is 0 Å². The number of unbranched alkanes of at least 4 members (excludes halogenated alkanes) is 1. The maximum Gasteiger partial charge on any atom is 0.156 e. The summed E-state index contributed by atoms with van der Waals surface area (Å²) in [5.41, 5.74) is 6.99. The summed E-state index contributed by atoms with van der Waals surface area (Å²) in [6.07, 6.45) is 16.7. The quantitative estimate of drug-likeness (QED) is 0.591. The van der Waals surface area contributed by atoms with Crippen LogP contribution in [0.5, 0.6) is 0 Å². The molecule has 0 aromatic carbocycles. The Morgan fingerprint density at radius 2 is 2.09 bits per heavy atom. The summed E-state index contributed by atoms with van der Waals surface area (Å²) in [6.45, 7) is 4.86. The molecule has 23 heavy (non-hydrogen) atoms. The zero-order chi connectivity index (χ0) is 16.0. The summed E-state index contributed by atoms with van der Waals surface area (Å²) < 4.78 is 0. The van der Waals surface area contributed by atoms with E-state index < -0.39 is 0 Å². The number of fused-ring (bicyclic) bond motifs is 4. The first-order valence-corrected chi connectivity index (χ1v) is 9.78. The molecular formula is C22H30O. The van der Waals surface area contributed by atoms with Crippen molar-refractivity contribution in [2.75, 3.05) is 0 Å². The van der Waals surface area contributed by atoms with Crippen molar-refractivity contribution in [1.82, 2.24) is 0 Å². The fourth-order valence-corrected chi connectivity index (χ4v) is 5.95. The molecule has 0 saturated heterocycles. The summed E-state index contributed by atoms with van der Waals surface area (Å²) in [5.74, 6) is 1.99. The first-order chi connectivity index (χ1) is 11.1. The molecule has 0 spiro atoms. The van der Waals surface area contributed by atoms with Crippen LogP contribution >= 0.6 is 0 Å². The van der Waals surface area contributed by atoms with Crippen LogP contribution in [0.2, 0.25) is 0 Å². The van der Waals surface area contributed by atoms with Gasteiger partial charge in [-0.1, -0.05) is 37.5 Å². The third kappa shape index (κ3) is 2.39. The molecule has 0 radical (unpaired) electrons. The minimum Gasteiger partial charge on any atom is -0.295 e. The number of rotatable bonds is 3. The van der Waals surface area contributed by atoms with E-state index in [1.165, 1.54) is 50.5 Å². The number of hydrogen-bond acceptors (Lipinski definition) is 1. The van der Waals surface area contributed by atoms with Crippen LogP contribution in [-0.2, 0) is 4.79 Å². The fourth-order valence-electron chi connectivity index (χ4n) is 5.95. The predicted octanol–water partition coefficient (Wildman–Crippen LogP) is 5.92. The summed E-state index contributed by atoms with van der Waals surface area (Å²) in [4.78, 5) is 11.7. The number of allylic oxidation sites excluding steroid dienone is 6. The molecule has 0 aliphatic heterocycles. The van der Waals surface area contributed by atoms with Gasteiger partial charge in [0, 0.05) is 6.42 Å². The molecular weight excluding hydrogens is 280 g/mol. The molecule has 0 aromatic heterocycles. The fraction of sp³-hybridized carbons (Fsp3) is 0.682. The van der Waals surface area contributed by atoms with Crippen LogP contribution < -0.4 is 0 Å². The van der Waals surface area contributed by atoms with E-state index in [-0.39, 0.29) is 0 Å². The summed E-state index contributed by atoms with van der Waals surface area (Å²) in [7, 11) is 0. The lowest BCUT2D eigenvalue weighted by atomic mass is 9.56. The summed E-state index contributed by atoms with van der Waals surface area (Å²) in [5, 5.41) is 0. The predicted molar refractivity (Wildman–Crippen MR) is 95.1 cm³/mol. The lowest BCUT2D eigenvalue weighted by molar-refractivity contribution is -0.114. The molecule has 124 valence electrons. The number of hydrogen-bond donors (Lipinski definition) is 0. The van der Waals surface area contributed by atoms with Crippen molar-refractivity contribution in [2.45, 2.75) is 78.1 Å². The van der Waals surface area contributed by atoms with Crippen LogP contribution in [0.4, 0.5) is 0 Å². The van der Waals surface area contributed by atoms with Gasteiger partial charge in [0.05, 0.1) is 0 Å². The van der Waals surface area contributed by atoms with Crippen molar-refractivity contribution in [3.8, 4) is 0 Å². The molecule has 4 aliphatic carbocycles. The van der Waals surface area contributed by atoms with E-state index in [0.717, 1.165) is 31.1 Å². The van der Waals surface area contributed by atoms with Crippen molar-refractivity contribution in [3.05, 3.63) is 34.4 Å². The van der Waals surface area contributed by atoms with E-state index >= 15 is 0 Å². The Morgan fingerprint density at radius 3 is 2.91 bits per heavy atom. The van der Waals surface area contributed by atoms with E-state index in [4.69, 9.17) is 0 Å². The molecule has 1 saturated carbocycles. The minimum atomic E-state index is 0.354. The molecule has 0 N–H and O–H groups in total. The van der Waals surface area contributed by atoms with Crippen LogP contribution in [0.25, 0.3) is 0 Å². The molecule has 0 bridgehead atoms. The van der Waals surface area contributed by atoms with Crippen molar-refractivity contribution in [2.24, 2.45) is 17.3 Å². The van der Waals surface area contributed by atoms with E-state index in [1.54, 1.807) is 16.7 Å². The zero-order valence-corrected chi connectivity index (χ0v) is 14.8. The summed E-state index contributed by atoms with van der Waals surface area (Å²) >= 11 is 0. The van der Waals surface area contributed by atoms with Gasteiger partial charge in [0.2, 0.25) is 0 Å². The Labute approximate surface area is 140 Å². The van der Waals surface area contributed by atoms with Crippen molar-refractivity contribution in [3.63, 3.8) is 0 Å². The van der Waals surface area contributed by atoms with Crippen molar-refractivity contribution >= 4 is 5.78 Å². The smallest absolute Gasteiger partial charge is 0.156 e.